The molecule has 2 aromatic rings. The fourth-order valence-corrected chi connectivity index (χ4v) is 8.44. The number of methoxy groups -OCH3 is 1. The van der Waals surface area contributed by atoms with E-state index in [9.17, 15) is 14.4 Å². The highest BCUT2D eigenvalue weighted by Gasteiger charge is 2.60. The number of aryl methyl sites for hydroxylation is 1. The van der Waals surface area contributed by atoms with Gasteiger partial charge in [0.2, 0.25) is 11.8 Å². The number of ketones is 1. The summed E-state index contributed by atoms with van der Waals surface area (Å²) in [5.41, 5.74) is 0.631. The molecule has 1 saturated heterocycles. The van der Waals surface area contributed by atoms with Gasteiger partial charge in [-0.15, -0.1) is 0 Å². The number of hydrogen-bond donors (Lipinski definition) is 1. The zero-order valence-electron chi connectivity index (χ0n) is 27.9. The van der Waals surface area contributed by atoms with Crippen LogP contribution in [0, 0.1) is 29.1 Å². The summed E-state index contributed by atoms with van der Waals surface area (Å²) in [6, 6.07) is 6.46. The molecule has 0 spiro atoms. The van der Waals surface area contributed by atoms with E-state index in [1.807, 2.05) is 45.9 Å². The second-order valence-electron chi connectivity index (χ2n) is 15.3. The van der Waals surface area contributed by atoms with Crippen LogP contribution in [0.1, 0.15) is 85.6 Å². The minimum atomic E-state index is -0.878. The molecular weight excluding hydrogens is 570 g/mol. The SMILES string of the molecule is COc1ccc2cc3c(nc2c1)O[C@H]1CN(C(=O)[C@H](C(C)(C)C)NC(=O)O[C@]2(C)CC4CC4[C@H]2CCCCC3)[C@H](C(C)=O)[C@@H]1C. The number of benzene rings is 1. The molecule has 2 unspecified atom stereocenters. The lowest BCUT2D eigenvalue weighted by Gasteiger charge is -2.38. The lowest BCUT2D eigenvalue weighted by molar-refractivity contribution is -0.141. The number of hydrogen-bond acceptors (Lipinski definition) is 7. The standard InChI is InChI=1S/C36H49N3O6/c1-20-29-19-39(30(20)21(2)40)33(41)31(35(3,4)5)38-34(42)45-36(6)18-24-16-26(24)27(36)12-10-8-9-11-23-15-22-13-14-25(43-7)17-28(22)37-32(23)44-29/h13-15,17,20,24,26-27,29-31H,8-12,16,18-19H2,1-7H3,(H,38,42)/t20-,24?,26?,27-,29+,30+,31-,36-/m1/s1. The van der Waals surface area contributed by atoms with Crippen LogP contribution in [0.25, 0.3) is 10.9 Å². The second-order valence-corrected chi connectivity index (χ2v) is 15.3. The van der Waals surface area contributed by atoms with Crippen LogP contribution < -0.4 is 14.8 Å². The Morgan fingerprint density at radius 3 is 2.64 bits per heavy atom. The lowest BCUT2D eigenvalue weighted by Crippen LogP contribution is -2.58. The number of nitrogens with zero attached hydrogens (tertiary/aromatic N) is 2. The summed E-state index contributed by atoms with van der Waals surface area (Å²) in [5.74, 6) is 2.11. The summed E-state index contributed by atoms with van der Waals surface area (Å²) in [6.07, 6.45) is 5.98. The maximum atomic E-state index is 14.3. The van der Waals surface area contributed by atoms with E-state index in [1.165, 1.54) is 13.3 Å². The number of carbonyl (C=O) groups is 3. The van der Waals surface area contributed by atoms with Gasteiger partial charge in [-0.3, -0.25) is 9.59 Å². The average molecular weight is 620 g/mol. The molecule has 6 rings (SSSR count). The Morgan fingerprint density at radius 1 is 1.16 bits per heavy atom. The monoisotopic (exact) mass is 619 g/mol. The number of amides is 2. The molecule has 1 aromatic carbocycles. The molecule has 2 bridgehead atoms. The first-order chi connectivity index (χ1) is 21.3. The Labute approximate surface area is 266 Å². The van der Waals surface area contributed by atoms with Gasteiger partial charge in [0, 0.05) is 28.9 Å². The molecular formula is C36H49N3O6. The minimum absolute atomic E-state index is 0.111. The summed E-state index contributed by atoms with van der Waals surface area (Å²) in [4.78, 5) is 47.5. The Bertz CT molecular complexity index is 1490. The Morgan fingerprint density at radius 2 is 1.93 bits per heavy atom. The molecule has 8 atom stereocenters. The Kier molecular flexibility index (Phi) is 8.27. The maximum absolute atomic E-state index is 14.3. The topological polar surface area (TPSA) is 107 Å². The lowest BCUT2D eigenvalue weighted by atomic mass is 9.83. The van der Waals surface area contributed by atoms with Crippen molar-refractivity contribution in [1.82, 2.24) is 15.2 Å². The molecule has 3 fully saturated rings. The molecule has 0 radical (unpaired) electrons. The van der Waals surface area contributed by atoms with Crippen molar-refractivity contribution in [3.63, 3.8) is 0 Å². The van der Waals surface area contributed by atoms with Crippen LogP contribution in [-0.2, 0) is 20.7 Å². The van der Waals surface area contributed by atoms with Gasteiger partial charge in [0.15, 0.2) is 5.78 Å². The number of pyridine rings is 1. The van der Waals surface area contributed by atoms with E-state index in [0.29, 0.717) is 29.4 Å². The largest absolute Gasteiger partial charge is 0.497 e. The summed E-state index contributed by atoms with van der Waals surface area (Å²) in [6.45, 7) is 11.5. The van der Waals surface area contributed by atoms with Crippen LogP contribution in [0.3, 0.4) is 0 Å². The average Bonchev–Trinajstić information content (AvgIpc) is 3.54. The number of alkyl carbamates (subject to hydrolysis) is 1. The normalized spacial score (nSPS) is 33.9. The summed E-state index contributed by atoms with van der Waals surface area (Å²) in [5, 5.41) is 3.97. The van der Waals surface area contributed by atoms with Crippen molar-refractivity contribution in [2.45, 2.75) is 110 Å². The third-order valence-corrected chi connectivity index (χ3v) is 10.9. The van der Waals surface area contributed by atoms with Gasteiger partial charge in [0.1, 0.15) is 23.5 Å². The van der Waals surface area contributed by atoms with E-state index < -0.39 is 35.3 Å². The second kappa shape index (κ2) is 11.8. The number of aromatic nitrogens is 1. The maximum Gasteiger partial charge on any atom is 0.408 e. The predicted molar refractivity (Wildman–Crippen MR) is 171 cm³/mol. The highest BCUT2D eigenvalue weighted by molar-refractivity contribution is 5.92. The highest BCUT2D eigenvalue weighted by atomic mass is 16.6. The van der Waals surface area contributed by atoms with Gasteiger partial charge in [-0.25, -0.2) is 9.78 Å². The number of ether oxygens (including phenoxy) is 3. The Hall–Kier alpha value is -3.36. The number of nitrogens with one attached hydrogen (secondary N) is 1. The zero-order valence-corrected chi connectivity index (χ0v) is 27.9. The van der Waals surface area contributed by atoms with E-state index in [4.69, 9.17) is 19.2 Å². The van der Waals surface area contributed by atoms with Crippen LogP contribution in [0.15, 0.2) is 24.3 Å². The molecule has 2 aliphatic heterocycles. The summed E-state index contributed by atoms with van der Waals surface area (Å²) < 4.78 is 18.4. The van der Waals surface area contributed by atoms with Crippen molar-refractivity contribution < 1.29 is 28.6 Å². The van der Waals surface area contributed by atoms with Crippen LogP contribution in [0.2, 0.25) is 0 Å². The van der Waals surface area contributed by atoms with Gasteiger partial charge in [0.25, 0.3) is 0 Å². The molecule has 4 aliphatic rings. The van der Waals surface area contributed by atoms with Crippen LogP contribution in [0.4, 0.5) is 4.79 Å². The molecule has 244 valence electrons. The van der Waals surface area contributed by atoms with E-state index in [0.717, 1.165) is 55.0 Å². The van der Waals surface area contributed by atoms with Crippen molar-refractivity contribution in [2.24, 2.45) is 29.1 Å². The quantitative estimate of drug-likeness (QED) is 0.433. The van der Waals surface area contributed by atoms with Crippen molar-refractivity contribution >= 4 is 28.7 Å². The molecule has 3 heterocycles. The van der Waals surface area contributed by atoms with E-state index in [-0.39, 0.29) is 24.2 Å². The van der Waals surface area contributed by atoms with Crippen molar-refractivity contribution in [1.29, 1.82) is 0 Å². The van der Waals surface area contributed by atoms with Crippen LogP contribution >= 0.6 is 0 Å². The van der Waals surface area contributed by atoms with Gasteiger partial charge in [-0.1, -0.05) is 40.5 Å². The first-order valence-electron chi connectivity index (χ1n) is 16.7. The molecule has 1 N–H and O–H groups in total. The zero-order chi connectivity index (χ0) is 32.3. The minimum Gasteiger partial charge on any atom is -0.497 e. The molecule has 2 saturated carbocycles. The van der Waals surface area contributed by atoms with Gasteiger partial charge < -0.3 is 24.4 Å². The number of carbonyl (C=O) groups excluding carboxylic acids is 3. The fourth-order valence-electron chi connectivity index (χ4n) is 8.44. The van der Waals surface area contributed by atoms with Crippen molar-refractivity contribution in [3.8, 4) is 11.6 Å². The summed E-state index contributed by atoms with van der Waals surface area (Å²) in [7, 11) is 1.64. The van der Waals surface area contributed by atoms with Crippen LogP contribution in [-0.4, -0.2) is 65.1 Å². The first-order valence-corrected chi connectivity index (χ1v) is 16.7. The molecule has 9 nitrogen and oxygen atoms in total. The smallest absolute Gasteiger partial charge is 0.408 e. The first kappa shape index (κ1) is 31.6. The van der Waals surface area contributed by atoms with Gasteiger partial charge in [0.05, 0.1) is 25.2 Å². The van der Waals surface area contributed by atoms with Crippen molar-refractivity contribution in [3.05, 3.63) is 29.8 Å². The molecule has 2 aliphatic carbocycles. The third kappa shape index (κ3) is 6.11. The number of Topliss-reactive ketones (excluding diaryl/α,β-unsaturated/α-hetero) is 1. The third-order valence-electron chi connectivity index (χ3n) is 10.9. The van der Waals surface area contributed by atoms with Gasteiger partial charge in [-0.05, 0) is 81.4 Å². The van der Waals surface area contributed by atoms with Gasteiger partial charge in [-0.2, -0.15) is 0 Å². The van der Waals surface area contributed by atoms with Crippen LogP contribution in [0.5, 0.6) is 11.6 Å². The molecule has 45 heavy (non-hydrogen) atoms. The molecule has 2 amide bonds. The number of fused-ring (bicyclic) bond motifs is 7. The highest BCUT2D eigenvalue weighted by Crippen LogP contribution is 2.62. The molecule has 1 aromatic heterocycles. The Balaban J connectivity index is 1.37. The number of rotatable bonds is 2. The van der Waals surface area contributed by atoms with E-state index in [2.05, 4.69) is 18.3 Å². The van der Waals surface area contributed by atoms with E-state index in [1.54, 1.807) is 12.0 Å². The predicted octanol–water partition coefficient (Wildman–Crippen LogP) is 6.10. The summed E-state index contributed by atoms with van der Waals surface area (Å²) >= 11 is 0. The van der Waals surface area contributed by atoms with Crippen molar-refractivity contribution in [2.75, 3.05) is 13.7 Å². The fraction of sp³-hybridized carbons (Fsp3) is 0.667. The van der Waals surface area contributed by atoms with E-state index >= 15 is 0 Å². The van der Waals surface area contributed by atoms with Gasteiger partial charge >= 0.3 is 6.09 Å². The molecule has 9 heteroatoms.